The van der Waals surface area contributed by atoms with Gasteiger partial charge < -0.3 is 9.47 Å². The molecule has 0 spiro atoms. The Hall–Kier alpha value is -1.32. The van der Waals surface area contributed by atoms with Crippen LogP contribution in [-0.4, -0.2) is 19.3 Å². The summed E-state index contributed by atoms with van der Waals surface area (Å²) < 4.78 is 12.5. The van der Waals surface area contributed by atoms with Crippen LogP contribution >= 0.6 is 15.9 Å². The molecule has 1 aromatic carbocycles. The van der Waals surface area contributed by atoms with Crippen LogP contribution in [0.1, 0.15) is 36.8 Å². The van der Waals surface area contributed by atoms with Crippen LogP contribution in [0.25, 0.3) is 0 Å². The largest absolute Gasteiger partial charge is 0.489 e. The minimum absolute atomic E-state index is 0.418. The SMILES string of the molecule is Cc1c(C2(N=C=O)CCC2)cc(Br)c2c1OCCCO2. The van der Waals surface area contributed by atoms with E-state index >= 15 is 0 Å². The summed E-state index contributed by atoms with van der Waals surface area (Å²) >= 11 is 3.55. The smallest absolute Gasteiger partial charge is 0.235 e. The maximum atomic E-state index is 10.8. The molecule has 0 amide bonds. The van der Waals surface area contributed by atoms with Crippen LogP contribution in [0.3, 0.4) is 0 Å². The van der Waals surface area contributed by atoms with Gasteiger partial charge in [0.05, 0.1) is 23.2 Å². The molecule has 0 N–H and O–H groups in total. The number of rotatable bonds is 2. The summed E-state index contributed by atoms with van der Waals surface area (Å²) in [5, 5.41) is 0. The molecular weight excluding hydrogens is 322 g/mol. The van der Waals surface area contributed by atoms with E-state index in [-0.39, 0.29) is 0 Å². The van der Waals surface area contributed by atoms with Gasteiger partial charge in [-0.05, 0) is 53.7 Å². The summed E-state index contributed by atoms with van der Waals surface area (Å²) in [6, 6.07) is 2.02. The standard InChI is InChI=1S/C15H16BrNO3/c1-10-11(15(17-9-18)4-2-5-15)8-12(16)14-13(10)19-6-3-7-20-14/h8H,2-7H2,1H3. The van der Waals surface area contributed by atoms with Crippen molar-refractivity contribution in [1.82, 2.24) is 0 Å². The van der Waals surface area contributed by atoms with Crippen LogP contribution in [0.15, 0.2) is 15.5 Å². The number of ether oxygens (including phenoxy) is 2. The number of hydrogen-bond acceptors (Lipinski definition) is 4. The van der Waals surface area contributed by atoms with Gasteiger partial charge in [-0.25, -0.2) is 4.79 Å². The minimum Gasteiger partial charge on any atom is -0.489 e. The summed E-state index contributed by atoms with van der Waals surface area (Å²) in [6.45, 7) is 3.31. The molecular formula is C15H16BrNO3. The summed E-state index contributed by atoms with van der Waals surface area (Å²) in [6.07, 6.45) is 5.45. The molecule has 1 aliphatic carbocycles. The molecule has 2 aliphatic rings. The van der Waals surface area contributed by atoms with Gasteiger partial charge in [-0.1, -0.05) is 0 Å². The summed E-state index contributed by atoms with van der Waals surface area (Å²) in [4.78, 5) is 14.9. The molecule has 5 heteroatoms. The molecule has 0 atom stereocenters. The normalized spacial score (nSPS) is 19.5. The van der Waals surface area contributed by atoms with E-state index in [0.717, 1.165) is 52.8 Å². The number of nitrogens with zero attached hydrogens (tertiary/aromatic N) is 1. The predicted molar refractivity (Wildman–Crippen MR) is 78.1 cm³/mol. The summed E-state index contributed by atoms with van der Waals surface area (Å²) in [5.41, 5.74) is 1.64. The van der Waals surface area contributed by atoms with Crippen LogP contribution in [-0.2, 0) is 10.3 Å². The lowest BCUT2D eigenvalue weighted by molar-refractivity contribution is 0.252. The van der Waals surface area contributed by atoms with E-state index in [2.05, 4.69) is 20.9 Å². The lowest BCUT2D eigenvalue weighted by Crippen LogP contribution is -2.33. The van der Waals surface area contributed by atoms with Gasteiger partial charge in [0.2, 0.25) is 6.08 Å². The number of isocyanates is 1. The van der Waals surface area contributed by atoms with Gasteiger partial charge in [-0.15, -0.1) is 0 Å². The van der Waals surface area contributed by atoms with Crippen LogP contribution in [0.2, 0.25) is 0 Å². The molecule has 1 heterocycles. The third-order valence-corrected chi connectivity index (χ3v) is 4.75. The van der Waals surface area contributed by atoms with Gasteiger partial charge in [0.1, 0.15) is 0 Å². The first-order valence-electron chi connectivity index (χ1n) is 6.86. The first-order chi connectivity index (χ1) is 9.68. The Bertz CT molecular complexity index is 589. The van der Waals surface area contributed by atoms with Gasteiger partial charge in [-0.2, -0.15) is 4.99 Å². The molecule has 0 unspecified atom stereocenters. The predicted octanol–water partition coefficient (Wildman–Crippen LogP) is 3.63. The fourth-order valence-electron chi connectivity index (χ4n) is 2.94. The van der Waals surface area contributed by atoms with Crippen molar-refractivity contribution in [2.45, 2.75) is 38.1 Å². The topological polar surface area (TPSA) is 47.9 Å². The van der Waals surface area contributed by atoms with Crippen LogP contribution in [0, 0.1) is 6.92 Å². The molecule has 0 aromatic heterocycles. The maximum absolute atomic E-state index is 10.8. The van der Waals surface area contributed by atoms with Gasteiger partial charge in [-0.3, -0.25) is 0 Å². The third-order valence-electron chi connectivity index (χ3n) is 4.16. The third kappa shape index (κ3) is 2.05. The average molecular weight is 338 g/mol. The second-order valence-electron chi connectivity index (χ2n) is 5.33. The molecule has 106 valence electrons. The molecule has 0 radical (unpaired) electrons. The van der Waals surface area contributed by atoms with E-state index in [1.54, 1.807) is 6.08 Å². The van der Waals surface area contributed by atoms with E-state index in [9.17, 15) is 4.79 Å². The van der Waals surface area contributed by atoms with Crippen molar-refractivity contribution in [3.05, 3.63) is 21.7 Å². The van der Waals surface area contributed by atoms with Gasteiger partial charge in [0.15, 0.2) is 11.5 Å². The molecule has 3 rings (SSSR count). The Labute approximate surface area is 126 Å². The van der Waals surface area contributed by atoms with Crippen LogP contribution in [0.5, 0.6) is 11.5 Å². The number of hydrogen-bond donors (Lipinski definition) is 0. The summed E-state index contributed by atoms with van der Waals surface area (Å²) in [5.74, 6) is 1.53. The van der Waals surface area contributed by atoms with Gasteiger partial charge >= 0.3 is 0 Å². The summed E-state index contributed by atoms with van der Waals surface area (Å²) in [7, 11) is 0. The van der Waals surface area contributed by atoms with Gasteiger partial charge in [0.25, 0.3) is 0 Å². The Morgan fingerprint density at radius 3 is 2.55 bits per heavy atom. The Morgan fingerprint density at radius 2 is 1.95 bits per heavy atom. The highest BCUT2D eigenvalue weighted by Gasteiger charge is 2.41. The highest BCUT2D eigenvalue weighted by molar-refractivity contribution is 9.10. The number of fused-ring (bicyclic) bond motifs is 1. The zero-order valence-electron chi connectivity index (χ0n) is 11.4. The molecule has 20 heavy (non-hydrogen) atoms. The minimum atomic E-state index is -0.418. The van der Waals surface area contributed by atoms with Crippen molar-refractivity contribution in [3.63, 3.8) is 0 Å². The second kappa shape index (κ2) is 5.23. The molecule has 1 aliphatic heterocycles. The lowest BCUT2D eigenvalue weighted by Gasteiger charge is -2.38. The van der Waals surface area contributed by atoms with Crippen molar-refractivity contribution in [3.8, 4) is 11.5 Å². The first-order valence-corrected chi connectivity index (χ1v) is 7.65. The average Bonchev–Trinajstić information content (AvgIpc) is 2.64. The zero-order chi connectivity index (χ0) is 14.2. The van der Waals surface area contributed by atoms with E-state index in [4.69, 9.17) is 9.47 Å². The second-order valence-corrected chi connectivity index (χ2v) is 6.18. The Balaban J connectivity index is 2.15. The maximum Gasteiger partial charge on any atom is 0.235 e. The van der Waals surface area contributed by atoms with Crippen LogP contribution in [0.4, 0.5) is 0 Å². The van der Waals surface area contributed by atoms with E-state index in [1.807, 2.05) is 13.0 Å². The molecule has 4 nitrogen and oxygen atoms in total. The quantitative estimate of drug-likeness (QED) is 0.611. The molecule has 1 aromatic rings. The number of halogens is 1. The van der Waals surface area contributed by atoms with Crippen molar-refractivity contribution in [2.24, 2.45) is 4.99 Å². The highest BCUT2D eigenvalue weighted by Crippen LogP contribution is 2.51. The lowest BCUT2D eigenvalue weighted by atomic mass is 9.71. The van der Waals surface area contributed by atoms with Crippen molar-refractivity contribution in [1.29, 1.82) is 0 Å². The van der Waals surface area contributed by atoms with E-state index in [0.29, 0.717) is 13.2 Å². The Morgan fingerprint density at radius 1 is 1.25 bits per heavy atom. The highest BCUT2D eigenvalue weighted by atomic mass is 79.9. The molecule has 1 saturated carbocycles. The fraction of sp³-hybridized carbons (Fsp3) is 0.533. The van der Waals surface area contributed by atoms with E-state index in [1.165, 1.54) is 0 Å². The monoisotopic (exact) mass is 337 g/mol. The zero-order valence-corrected chi connectivity index (χ0v) is 13.0. The molecule has 0 saturated heterocycles. The van der Waals surface area contributed by atoms with Crippen LogP contribution < -0.4 is 9.47 Å². The Kier molecular flexibility index (Phi) is 3.57. The van der Waals surface area contributed by atoms with E-state index < -0.39 is 5.54 Å². The van der Waals surface area contributed by atoms with Crippen molar-refractivity contribution < 1.29 is 14.3 Å². The first kappa shape index (κ1) is 13.7. The fourth-order valence-corrected chi connectivity index (χ4v) is 3.46. The number of carbonyl (C=O) groups excluding carboxylic acids is 1. The van der Waals surface area contributed by atoms with Crippen molar-refractivity contribution in [2.75, 3.05) is 13.2 Å². The van der Waals surface area contributed by atoms with Crippen molar-refractivity contribution >= 4 is 22.0 Å². The molecule has 1 fully saturated rings. The molecule has 0 bridgehead atoms. The number of aliphatic imine (C=N–C) groups is 1. The number of benzene rings is 1. The van der Waals surface area contributed by atoms with Gasteiger partial charge in [0, 0.05) is 12.0 Å².